The Bertz CT molecular complexity index is 392. The highest BCUT2D eigenvalue weighted by molar-refractivity contribution is 6.30. The molecule has 3 atom stereocenters. The molecule has 1 aromatic carbocycles. The topological polar surface area (TPSA) is 23.5 Å². The molecule has 1 aromatic rings. The molecule has 2 nitrogen and oxygen atoms in total. The molecule has 1 heterocycles. The first-order valence-corrected chi connectivity index (χ1v) is 7.61. The zero-order valence-corrected chi connectivity index (χ0v) is 12.6. The van der Waals surface area contributed by atoms with E-state index in [-0.39, 0.29) is 6.10 Å². The Morgan fingerprint density at radius 3 is 2.63 bits per heavy atom. The number of piperidine rings is 1. The third-order valence-corrected chi connectivity index (χ3v) is 4.47. The van der Waals surface area contributed by atoms with E-state index in [1.807, 2.05) is 24.3 Å². The van der Waals surface area contributed by atoms with E-state index in [1.54, 1.807) is 0 Å². The van der Waals surface area contributed by atoms with Gasteiger partial charge in [-0.05, 0) is 56.3 Å². The average Bonchev–Trinajstić information content (AvgIpc) is 2.38. The highest BCUT2D eigenvalue weighted by atomic mass is 35.5. The van der Waals surface area contributed by atoms with Crippen molar-refractivity contribution in [3.8, 4) is 0 Å². The van der Waals surface area contributed by atoms with Gasteiger partial charge in [0.25, 0.3) is 0 Å². The minimum atomic E-state index is -0.385. The number of aliphatic hydroxyl groups excluding tert-OH is 1. The second kappa shape index (κ2) is 6.74. The van der Waals surface area contributed by atoms with E-state index in [0.717, 1.165) is 36.0 Å². The Balaban J connectivity index is 1.83. The van der Waals surface area contributed by atoms with E-state index in [9.17, 15) is 5.11 Å². The molecule has 1 aliphatic rings. The molecular formula is C16H24ClNO. The summed E-state index contributed by atoms with van der Waals surface area (Å²) in [5.74, 6) is 0.840. The predicted molar refractivity (Wildman–Crippen MR) is 80.5 cm³/mol. The Morgan fingerprint density at radius 1 is 1.32 bits per heavy atom. The standard InChI is InChI=1S/C16H24ClNO/c1-12-7-9-18(13(2)11-12)10-8-16(19)14-3-5-15(17)6-4-14/h3-6,12-13,16,19H,7-11H2,1-2H3. The zero-order valence-electron chi connectivity index (χ0n) is 11.8. The maximum absolute atomic E-state index is 10.2. The highest BCUT2D eigenvalue weighted by Gasteiger charge is 2.23. The van der Waals surface area contributed by atoms with Crippen molar-refractivity contribution in [2.24, 2.45) is 5.92 Å². The maximum Gasteiger partial charge on any atom is 0.0802 e. The summed E-state index contributed by atoms with van der Waals surface area (Å²) in [5, 5.41) is 10.9. The van der Waals surface area contributed by atoms with Crippen LogP contribution >= 0.6 is 11.6 Å². The summed E-state index contributed by atoms with van der Waals surface area (Å²) in [6.07, 6.45) is 2.96. The van der Waals surface area contributed by atoms with Crippen molar-refractivity contribution in [2.75, 3.05) is 13.1 Å². The molecule has 1 N–H and O–H groups in total. The summed E-state index contributed by atoms with van der Waals surface area (Å²) in [4.78, 5) is 2.50. The predicted octanol–water partition coefficient (Wildman–Crippen LogP) is 3.88. The van der Waals surface area contributed by atoms with Crippen LogP contribution in [0.25, 0.3) is 0 Å². The van der Waals surface area contributed by atoms with Crippen LogP contribution in [-0.4, -0.2) is 29.1 Å². The quantitative estimate of drug-likeness (QED) is 0.905. The van der Waals surface area contributed by atoms with E-state index < -0.39 is 0 Å². The number of halogens is 1. The van der Waals surface area contributed by atoms with Crippen LogP contribution in [0.1, 0.15) is 44.8 Å². The Hall–Kier alpha value is -0.570. The van der Waals surface area contributed by atoms with Crippen LogP contribution in [0.15, 0.2) is 24.3 Å². The van der Waals surface area contributed by atoms with Gasteiger partial charge in [0.05, 0.1) is 6.10 Å². The second-order valence-electron chi connectivity index (χ2n) is 5.87. The van der Waals surface area contributed by atoms with E-state index in [0.29, 0.717) is 6.04 Å². The fraction of sp³-hybridized carbons (Fsp3) is 0.625. The van der Waals surface area contributed by atoms with E-state index >= 15 is 0 Å². The van der Waals surface area contributed by atoms with Crippen molar-refractivity contribution in [3.05, 3.63) is 34.9 Å². The minimum absolute atomic E-state index is 0.385. The molecule has 0 spiro atoms. The van der Waals surface area contributed by atoms with Crippen molar-refractivity contribution < 1.29 is 5.11 Å². The van der Waals surface area contributed by atoms with Gasteiger partial charge in [-0.15, -0.1) is 0 Å². The summed E-state index contributed by atoms with van der Waals surface area (Å²) in [7, 11) is 0. The normalized spacial score (nSPS) is 26.3. The highest BCUT2D eigenvalue weighted by Crippen LogP contribution is 2.24. The summed E-state index contributed by atoms with van der Waals surface area (Å²) < 4.78 is 0. The summed E-state index contributed by atoms with van der Waals surface area (Å²) in [5.41, 5.74) is 0.961. The van der Waals surface area contributed by atoms with Crippen molar-refractivity contribution in [1.29, 1.82) is 0 Å². The fourth-order valence-electron chi connectivity index (χ4n) is 2.93. The second-order valence-corrected chi connectivity index (χ2v) is 6.31. The molecule has 2 rings (SSSR count). The van der Waals surface area contributed by atoms with Crippen molar-refractivity contribution >= 4 is 11.6 Å². The third kappa shape index (κ3) is 4.20. The van der Waals surface area contributed by atoms with Crippen LogP contribution in [0.3, 0.4) is 0 Å². The number of hydrogen-bond donors (Lipinski definition) is 1. The molecule has 0 aromatic heterocycles. The lowest BCUT2D eigenvalue weighted by molar-refractivity contribution is 0.0941. The van der Waals surface area contributed by atoms with Crippen molar-refractivity contribution in [3.63, 3.8) is 0 Å². The van der Waals surface area contributed by atoms with Gasteiger partial charge in [0.1, 0.15) is 0 Å². The van der Waals surface area contributed by atoms with Gasteiger partial charge in [0, 0.05) is 17.6 Å². The van der Waals surface area contributed by atoms with Crippen LogP contribution in [-0.2, 0) is 0 Å². The summed E-state index contributed by atoms with van der Waals surface area (Å²) >= 11 is 5.86. The molecule has 1 aliphatic heterocycles. The first kappa shape index (κ1) is 14.8. The molecule has 106 valence electrons. The monoisotopic (exact) mass is 281 g/mol. The SMILES string of the molecule is CC1CCN(CCC(O)c2ccc(Cl)cc2)C(C)C1. The molecule has 3 unspecified atom stereocenters. The fourth-order valence-corrected chi connectivity index (χ4v) is 3.05. The van der Waals surface area contributed by atoms with Crippen LogP contribution in [0.4, 0.5) is 0 Å². The lowest BCUT2D eigenvalue weighted by Gasteiger charge is -2.36. The molecule has 19 heavy (non-hydrogen) atoms. The Morgan fingerprint density at radius 2 is 2.00 bits per heavy atom. The third-order valence-electron chi connectivity index (χ3n) is 4.22. The average molecular weight is 282 g/mol. The van der Waals surface area contributed by atoms with Gasteiger partial charge in [-0.25, -0.2) is 0 Å². The van der Waals surface area contributed by atoms with Crippen LogP contribution in [0, 0.1) is 5.92 Å². The zero-order chi connectivity index (χ0) is 13.8. The van der Waals surface area contributed by atoms with E-state index in [1.165, 1.54) is 12.8 Å². The number of benzene rings is 1. The van der Waals surface area contributed by atoms with E-state index in [4.69, 9.17) is 11.6 Å². The molecule has 0 radical (unpaired) electrons. The van der Waals surface area contributed by atoms with Gasteiger partial charge in [0.15, 0.2) is 0 Å². The number of aliphatic hydroxyl groups is 1. The summed E-state index contributed by atoms with van der Waals surface area (Å²) in [6.45, 7) is 6.76. The Kier molecular flexibility index (Phi) is 5.26. The number of nitrogens with zero attached hydrogens (tertiary/aromatic N) is 1. The maximum atomic E-state index is 10.2. The van der Waals surface area contributed by atoms with Gasteiger partial charge < -0.3 is 10.0 Å². The molecule has 0 bridgehead atoms. The molecule has 1 saturated heterocycles. The van der Waals surface area contributed by atoms with Crippen LogP contribution < -0.4 is 0 Å². The largest absolute Gasteiger partial charge is 0.388 e. The lowest BCUT2D eigenvalue weighted by Crippen LogP contribution is -2.41. The molecular weight excluding hydrogens is 258 g/mol. The molecule has 0 amide bonds. The first-order valence-electron chi connectivity index (χ1n) is 7.24. The Labute approximate surface area is 121 Å². The van der Waals surface area contributed by atoms with Gasteiger partial charge in [0.2, 0.25) is 0 Å². The molecule has 3 heteroatoms. The number of rotatable bonds is 4. The smallest absolute Gasteiger partial charge is 0.0802 e. The minimum Gasteiger partial charge on any atom is -0.388 e. The van der Waals surface area contributed by atoms with Gasteiger partial charge >= 0.3 is 0 Å². The number of hydrogen-bond acceptors (Lipinski definition) is 2. The van der Waals surface area contributed by atoms with Crippen molar-refractivity contribution in [2.45, 2.75) is 45.3 Å². The van der Waals surface area contributed by atoms with Gasteiger partial charge in [-0.2, -0.15) is 0 Å². The molecule has 0 saturated carbocycles. The van der Waals surface area contributed by atoms with Gasteiger partial charge in [-0.1, -0.05) is 30.7 Å². The van der Waals surface area contributed by atoms with Crippen LogP contribution in [0.2, 0.25) is 5.02 Å². The lowest BCUT2D eigenvalue weighted by atomic mass is 9.93. The summed E-state index contributed by atoms with van der Waals surface area (Å²) in [6, 6.07) is 8.14. The first-order chi connectivity index (χ1) is 9.06. The van der Waals surface area contributed by atoms with E-state index in [2.05, 4.69) is 18.7 Å². The molecule has 0 aliphatic carbocycles. The van der Waals surface area contributed by atoms with Crippen LogP contribution in [0.5, 0.6) is 0 Å². The van der Waals surface area contributed by atoms with Crippen molar-refractivity contribution in [1.82, 2.24) is 4.90 Å². The number of likely N-dealkylation sites (tertiary alicyclic amines) is 1. The molecule has 1 fully saturated rings. The van der Waals surface area contributed by atoms with Gasteiger partial charge in [-0.3, -0.25) is 0 Å².